The quantitative estimate of drug-likeness (QED) is 0.500. The number of hydroxylamine groups is 2. The second-order valence-electron chi connectivity index (χ2n) is 7.49. The van der Waals surface area contributed by atoms with E-state index in [-0.39, 0.29) is 37.5 Å². The van der Waals surface area contributed by atoms with Crippen molar-refractivity contribution in [2.45, 2.75) is 33.0 Å². The fourth-order valence-corrected chi connectivity index (χ4v) is 3.41. The van der Waals surface area contributed by atoms with Gasteiger partial charge in [0.2, 0.25) is 0 Å². The first kappa shape index (κ1) is 24.2. The number of carbonyl (C=O) groups excluding carboxylic acids is 1. The number of halogens is 3. The van der Waals surface area contributed by atoms with Crippen molar-refractivity contribution < 1.29 is 22.8 Å². The molecule has 8 nitrogen and oxygen atoms in total. The monoisotopic (exact) mass is 462 g/mol. The van der Waals surface area contributed by atoms with E-state index in [0.717, 1.165) is 17.7 Å². The molecule has 1 fully saturated rings. The first-order valence-corrected chi connectivity index (χ1v) is 10.3. The van der Waals surface area contributed by atoms with Crippen molar-refractivity contribution in [1.82, 2.24) is 25.0 Å². The lowest BCUT2D eigenvalue weighted by molar-refractivity contribution is -0.126. The van der Waals surface area contributed by atoms with Crippen LogP contribution in [0.2, 0.25) is 0 Å². The zero-order valence-corrected chi connectivity index (χ0v) is 18.6. The number of benzene rings is 1. The second-order valence-corrected chi connectivity index (χ2v) is 7.49. The van der Waals surface area contributed by atoms with Crippen molar-refractivity contribution in [2.75, 3.05) is 19.7 Å². The lowest BCUT2D eigenvalue weighted by Gasteiger charge is -2.26. The minimum atomic E-state index is -4.53. The van der Waals surface area contributed by atoms with Crippen LogP contribution in [0, 0.1) is 6.92 Å². The van der Waals surface area contributed by atoms with E-state index in [4.69, 9.17) is 4.84 Å². The summed E-state index contributed by atoms with van der Waals surface area (Å²) in [7, 11) is 0. The number of alkyl halides is 3. The summed E-state index contributed by atoms with van der Waals surface area (Å²) in [6.07, 6.45) is 0.324. The zero-order chi connectivity index (χ0) is 24.2. The Hall–Kier alpha value is -3.47. The highest BCUT2D eigenvalue weighted by molar-refractivity contribution is 5.98. The first-order chi connectivity index (χ1) is 15.7. The van der Waals surface area contributed by atoms with Crippen molar-refractivity contribution in [1.29, 1.82) is 0 Å². The molecule has 1 aromatic carbocycles. The Morgan fingerprint density at radius 2 is 1.97 bits per heavy atom. The van der Waals surface area contributed by atoms with Gasteiger partial charge in [0.1, 0.15) is 0 Å². The standard InChI is InChI=1S/C22H25F3N6O2/c1-5-17(22(23,24)25)13-20(26-4)30-11-10-29(16(3)14-33-30)21(32)18-12-15(2)6-7-19(18)31-27-8-9-28-31/h5-9,12-13,16H,4,10-11,14H2,1-3H3/b17-5+,20-13+/t16-/m1/s1. The van der Waals surface area contributed by atoms with E-state index in [2.05, 4.69) is 21.9 Å². The van der Waals surface area contributed by atoms with Crippen LogP contribution in [-0.4, -0.2) is 69.5 Å². The molecule has 3 rings (SSSR count). The van der Waals surface area contributed by atoms with E-state index in [1.807, 2.05) is 13.0 Å². The summed E-state index contributed by atoms with van der Waals surface area (Å²) in [6.45, 7) is 8.72. The van der Waals surface area contributed by atoms with E-state index < -0.39 is 11.7 Å². The van der Waals surface area contributed by atoms with Crippen molar-refractivity contribution in [3.63, 3.8) is 0 Å². The number of amides is 1. The van der Waals surface area contributed by atoms with Gasteiger partial charge in [-0.15, -0.1) is 0 Å². The molecule has 1 aliphatic rings. The molecule has 1 amide bonds. The number of allylic oxidation sites excluding steroid dienone is 3. The predicted octanol–water partition coefficient (Wildman–Crippen LogP) is 3.70. The largest absolute Gasteiger partial charge is 0.416 e. The normalized spacial score (nSPS) is 18.3. The maximum Gasteiger partial charge on any atom is 0.416 e. The molecule has 176 valence electrons. The van der Waals surface area contributed by atoms with Gasteiger partial charge in [-0.3, -0.25) is 9.63 Å². The van der Waals surface area contributed by atoms with Crippen LogP contribution in [0.3, 0.4) is 0 Å². The van der Waals surface area contributed by atoms with Crippen molar-refractivity contribution in [2.24, 2.45) is 4.99 Å². The average molecular weight is 462 g/mol. The third kappa shape index (κ3) is 5.48. The van der Waals surface area contributed by atoms with Crippen LogP contribution in [-0.2, 0) is 4.84 Å². The molecule has 2 aromatic rings. The Morgan fingerprint density at radius 3 is 2.58 bits per heavy atom. The number of rotatable bonds is 5. The topological polar surface area (TPSA) is 75.9 Å². The number of hydrogen-bond donors (Lipinski definition) is 0. The van der Waals surface area contributed by atoms with Gasteiger partial charge in [0.05, 0.1) is 48.4 Å². The molecule has 11 heteroatoms. The minimum absolute atomic E-state index is 0.0664. The van der Waals surface area contributed by atoms with Crippen molar-refractivity contribution in [3.05, 3.63) is 65.3 Å². The van der Waals surface area contributed by atoms with E-state index in [1.54, 1.807) is 24.0 Å². The Labute approximate surface area is 189 Å². The van der Waals surface area contributed by atoms with Crippen LogP contribution in [0.25, 0.3) is 5.69 Å². The molecule has 0 unspecified atom stereocenters. The van der Waals surface area contributed by atoms with E-state index >= 15 is 0 Å². The van der Waals surface area contributed by atoms with Crippen LogP contribution < -0.4 is 0 Å². The summed E-state index contributed by atoms with van der Waals surface area (Å²) in [4.78, 5) is 25.9. The van der Waals surface area contributed by atoms with Gasteiger partial charge in [-0.2, -0.15) is 28.2 Å². The number of aliphatic imine (C=N–C) groups is 1. The van der Waals surface area contributed by atoms with E-state index in [0.29, 0.717) is 11.3 Å². The molecule has 0 spiro atoms. The van der Waals surface area contributed by atoms with Gasteiger partial charge >= 0.3 is 6.18 Å². The number of hydrogen-bond acceptors (Lipinski definition) is 6. The van der Waals surface area contributed by atoms with Crippen LogP contribution in [0.15, 0.2) is 59.1 Å². The molecule has 1 atom stereocenters. The number of nitrogens with zero attached hydrogens (tertiary/aromatic N) is 6. The van der Waals surface area contributed by atoms with Crippen molar-refractivity contribution in [3.8, 4) is 5.69 Å². The highest BCUT2D eigenvalue weighted by Gasteiger charge is 2.33. The molecule has 2 heterocycles. The molecule has 0 N–H and O–H groups in total. The van der Waals surface area contributed by atoms with Crippen LogP contribution in [0.4, 0.5) is 13.2 Å². The predicted molar refractivity (Wildman–Crippen MR) is 117 cm³/mol. The summed E-state index contributed by atoms with van der Waals surface area (Å²) in [5.41, 5.74) is 0.968. The number of carbonyl (C=O) groups is 1. The zero-order valence-electron chi connectivity index (χ0n) is 18.6. The Kier molecular flexibility index (Phi) is 7.32. The maximum atomic E-state index is 13.5. The summed E-state index contributed by atoms with van der Waals surface area (Å²) in [5, 5.41) is 9.48. The molecule has 1 aromatic heterocycles. The molecule has 0 radical (unpaired) electrons. The van der Waals surface area contributed by atoms with Crippen molar-refractivity contribution >= 4 is 12.6 Å². The smallest absolute Gasteiger partial charge is 0.332 e. The van der Waals surface area contributed by atoms with Crippen LogP contribution in [0.1, 0.15) is 29.8 Å². The third-order valence-corrected chi connectivity index (χ3v) is 5.17. The fraction of sp³-hybridized carbons (Fsp3) is 0.364. The minimum Gasteiger partial charge on any atom is -0.332 e. The Morgan fingerprint density at radius 1 is 1.27 bits per heavy atom. The van der Waals surface area contributed by atoms with Crippen LogP contribution in [0.5, 0.6) is 0 Å². The lowest BCUT2D eigenvalue weighted by Crippen LogP contribution is -2.41. The third-order valence-electron chi connectivity index (χ3n) is 5.17. The molecule has 33 heavy (non-hydrogen) atoms. The second kappa shape index (κ2) is 9.99. The highest BCUT2D eigenvalue weighted by Crippen LogP contribution is 2.29. The van der Waals surface area contributed by atoms with Gasteiger partial charge in [0.25, 0.3) is 5.91 Å². The Bertz CT molecular complexity index is 1060. The van der Waals surface area contributed by atoms with Gasteiger partial charge in [-0.05, 0) is 45.7 Å². The summed E-state index contributed by atoms with van der Waals surface area (Å²) >= 11 is 0. The molecule has 1 aliphatic heterocycles. The number of aryl methyl sites for hydroxylation is 1. The average Bonchev–Trinajstić information content (AvgIpc) is 3.23. The summed E-state index contributed by atoms with van der Waals surface area (Å²) < 4.78 is 39.5. The Balaban J connectivity index is 1.86. The lowest BCUT2D eigenvalue weighted by atomic mass is 10.1. The van der Waals surface area contributed by atoms with E-state index in [1.165, 1.54) is 29.2 Å². The van der Waals surface area contributed by atoms with E-state index in [9.17, 15) is 18.0 Å². The molecule has 0 saturated carbocycles. The van der Waals surface area contributed by atoms with Gasteiger partial charge in [0, 0.05) is 6.54 Å². The van der Waals surface area contributed by atoms with Gasteiger partial charge in [-0.25, -0.2) is 10.1 Å². The number of aromatic nitrogens is 3. The highest BCUT2D eigenvalue weighted by atomic mass is 19.4. The molecule has 0 aliphatic carbocycles. The molecule has 1 saturated heterocycles. The summed E-state index contributed by atoms with van der Waals surface area (Å²) in [5.74, 6) is -0.343. The fourth-order valence-electron chi connectivity index (χ4n) is 3.41. The molecular formula is C22H25F3N6O2. The maximum absolute atomic E-state index is 13.5. The SMILES string of the molecule is C=N/C(=C\C(=C/C)C(F)(F)F)N1CCN(C(=O)c2cc(C)ccc2-n2nccn2)[C@H](C)CO1. The van der Waals surface area contributed by atoms with Gasteiger partial charge in [0.15, 0.2) is 5.82 Å². The first-order valence-electron chi connectivity index (χ1n) is 10.3. The molecule has 0 bridgehead atoms. The van der Waals surface area contributed by atoms with Crippen LogP contribution >= 0.6 is 0 Å². The summed E-state index contributed by atoms with van der Waals surface area (Å²) in [6, 6.07) is 5.04. The molecular weight excluding hydrogens is 437 g/mol. The van der Waals surface area contributed by atoms with Gasteiger partial charge < -0.3 is 4.90 Å². The van der Waals surface area contributed by atoms with Gasteiger partial charge in [-0.1, -0.05) is 17.7 Å².